The molecule has 0 aromatic heterocycles. The fourth-order valence-electron chi connectivity index (χ4n) is 10.8. The van der Waals surface area contributed by atoms with E-state index in [4.69, 9.17) is 39.4 Å². The van der Waals surface area contributed by atoms with Crippen molar-refractivity contribution in [1.82, 2.24) is 0 Å². The molecule has 4 aromatic carbocycles. The molecule has 0 saturated carbocycles. The number of benzene rings is 4. The Morgan fingerprint density at radius 2 is 0.637 bits per heavy atom. The summed E-state index contributed by atoms with van der Waals surface area (Å²) in [5.41, 5.74) is 0.320. The van der Waals surface area contributed by atoms with Crippen molar-refractivity contribution in [3.63, 3.8) is 0 Å². The number of aliphatic hydroxyl groups is 1. The quantitative estimate of drug-likeness (QED) is 0.0186. The lowest BCUT2D eigenvalue weighted by atomic mass is 9.74. The molecule has 0 spiro atoms. The first-order valence-corrected chi connectivity index (χ1v) is 49.7. The van der Waals surface area contributed by atoms with E-state index in [1.165, 1.54) is 41.5 Å². The first-order chi connectivity index (χ1) is 56.7. The molecule has 0 aliphatic carbocycles. The monoisotopic (exact) mass is 1790 g/mol. The van der Waals surface area contributed by atoms with E-state index in [1.807, 2.05) is 170 Å². The number of hydrogen-bond donors (Lipinski definition) is 1. The molecular weight excluding hydrogens is 1620 g/mol. The van der Waals surface area contributed by atoms with E-state index >= 15 is 0 Å². The standard InChI is InChI=1S/C27H44O5Si.C25H42O4Si.C19H28O4.C11H14O2.C8H14O2.C5H10O.C3H5ClO.C3H6O/c1-19(17-31-18-22-14-12-11-13-15-22)24(32-33(9,10)26(4,5)6)21(3)25(30)27(7,8)23(29)16-20(2)28;1-18(16-28-17-21-14-12-11-13-15-21)22(29-30(9,10)24(4,5)6)19(2)23(27)25(7,8)20(3)26;1-13(11-23-12-16-9-7-6-8-10-16)17(21)14(2)18(22)19(4,5)15(3)20;1-10(7-12)8-13-9-11-5-3-2-4-6-11;1-5-7(10)8(3,4)6(2)9;1-4(2)5(3)6;1-2-3(4)5;1-3(2)4/h11-15,19,21,24H,16-18H2,1-10H3;11-15,18-19,22H,16-17H2,1-10H3;6-10,13-14,17,21H,11-12H2,1-5H3;2-7,10H,8-9H2,1H3;5H2,1-4H3;4H,1-3H3;2H2,1H3;1-2H3/t19-,21+,24-;18-,19+,22?;13-,14+,17-;10-;;;;/m0001..../s1. The second-order valence-corrected chi connectivity index (χ2v) is 48.2. The Hall–Kier alpha value is -6.97. The summed E-state index contributed by atoms with van der Waals surface area (Å²) in [6, 6.07) is 39.7. The van der Waals surface area contributed by atoms with Gasteiger partial charge in [-0.05, 0) is 174 Å². The van der Waals surface area contributed by atoms with Crippen LogP contribution >= 0.6 is 11.6 Å². The van der Waals surface area contributed by atoms with Crippen molar-refractivity contribution < 1.29 is 95.2 Å². The maximum atomic E-state index is 13.5. The minimum atomic E-state index is -2.20. The Balaban J connectivity index is -0.000000724. The fourth-order valence-corrected chi connectivity index (χ4v) is 13.7. The predicted octanol–water partition coefficient (Wildman–Crippen LogP) is 21.7. The van der Waals surface area contributed by atoms with Gasteiger partial charge in [0.2, 0.25) is 5.24 Å². The zero-order valence-electron chi connectivity index (χ0n) is 82.8. The first-order valence-electron chi connectivity index (χ1n) is 43.5. The molecule has 4 aromatic rings. The van der Waals surface area contributed by atoms with Gasteiger partial charge in [0.05, 0.1) is 99.2 Å². The van der Waals surface area contributed by atoms with Crippen LogP contribution in [-0.2, 0) is 117 Å². The molecule has 124 heavy (non-hydrogen) atoms. The lowest BCUT2D eigenvalue weighted by molar-refractivity contribution is -0.146. The van der Waals surface area contributed by atoms with Crippen LogP contribution in [0.2, 0.25) is 36.3 Å². The number of rotatable bonds is 43. The molecule has 10 atom stereocenters. The van der Waals surface area contributed by atoms with Crippen molar-refractivity contribution in [1.29, 1.82) is 0 Å². The third-order valence-corrected chi connectivity index (χ3v) is 32.0. The molecule has 0 fully saturated rings. The molecule has 0 bridgehead atoms. The Bertz CT molecular complexity index is 3830. The Morgan fingerprint density at radius 3 is 0.855 bits per heavy atom. The number of ether oxygens (including phenoxy) is 4. The average molecular weight is 1790 g/mol. The van der Waals surface area contributed by atoms with Gasteiger partial charge >= 0.3 is 0 Å². The van der Waals surface area contributed by atoms with Gasteiger partial charge < -0.3 is 42.5 Å². The normalized spacial score (nSPS) is 14.1. The Labute approximate surface area is 755 Å². The molecule has 702 valence electrons. The Kier molecular flexibility index (Phi) is 59.6. The van der Waals surface area contributed by atoms with Gasteiger partial charge in [-0.3, -0.25) is 52.7 Å². The summed E-state index contributed by atoms with van der Waals surface area (Å²) in [7, 11) is -4.32. The van der Waals surface area contributed by atoms with Gasteiger partial charge in [-0.15, -0.1) is 0 Å². The van der Waals surface area contributed by atoms with Crippen LogP contribution in [0.1, 0.15) is 263 Å². The summed E-state index contributed by atoms with van der Waals surface area (Å²) < 4.78 is 36.5. The van der Waals surface area contributed by atoms with Gasteiger partial charge in [-0.1, -0.05) is 239 Å². The van der Waals surface area contributed by atoms with Crippen molar-refractivity contribution in [2.75, 3.05) is 26.4 Å². The van der Waals surface area contributed by atoms with Crippen LogP contribution in [0.25, 0.3) is 0 Å². The third-order valence-electron chi connectivity index (χ3n) is 22.8. The largest absolute Gasteiger partial charge is 0.413 e. The van der Waals surface area contributed by atoms with E-state index in [9.17, 15) is 67.4 Å². The molecule has 0 saturated heterocycles. The number of aliphatic hydroxyl groups excluding tert-OH is 1. The number of Topliss-reactive ketones (excluding diaryl/α,β-unsaturated/α-hetero) is 11. The molecule has 1 N–H and O–H groups in total. The molecule has 4 rings (SSSR count). The van der Waals surface area contributed by atoms with Gasteiger partial charge in [-0.2, -0.15) is 0 Å². The second kappa shape index (κ2) is 60.0. The van der Waals surface area contributed by atoms with Crippen molar-refractivity contribution >= 4 is 103 Å². The smallest absolute Gasteiger partial charge is 0.221 e. The molecular formula is C101H163ClO20Si2. The van der Waals surface area contributed by atoms with Crippen LogP contribution in [0.4, 0.5) is 0 Å². The number of carbonyl (C=O) groups excluding carboxylic acids is 13. The molecule has 20 nitrogen and oxygen atoms in total. The molecule has 0 radical (unpaired) electrons. The van der Waals surface area contributed by atoms with Crippen LogP contribution < -0.4 is 0 Å². The lowest BCUT2D eigenvalue weighted by Gasteiger charge is -2.43. The second-order valence-electron chi connectivity index (χ2n) is 38.3. The zero-order valence-corrected chi connectivity index (χ0v) is 85.6. The number of aldehydes is 1. The zero-order chi connectivity index (χ0) is 97.5. The van der Waals surface area contributed by atoms with E-state index in [1.54, 1.807) is 83.1 Å². The summed E-state index contributed by atoms with van der Waals surface area (Å²) in [4.78, 5) is 148. The fraction of sp³-hybridized carbons (Fsp3) is 0.634. The van der Waals surface area contributed by atoms with Crippen LogP contribution in [-0.4, -0.2) is 142 Å². The number of halogens is 1. The van der Waals surface area contributed by atoms with Crippen molar-refractivity contribution in [2.24, 2.45) is 69.0 Å². The van der Waals surface area contributed by atoms with Crippen LogP contribution in [0.3, 0.4) is 0 Å². The van der Waals surface area contributed by atoms with E-state index < -0.39 is 68.3 Å². The van der Waals surface area contributed by atoms with Gasteiger partial charge in [0.25, 0.3) is 0 Å². The van der Waals surface area contributed by atoms with Crippen LogP contribution in [0.15, 0.2) is 121 Å². The molecule has 23 heteroatoms. The molecule has 1 unspecified atom stereocenters. The van der Waals surface area contributed by atoms with Crippen molar-refractivity contribution in [3.05, 3.63) is 144 Å². The summed E-state index contributed by atoms with van der Waals surface area (Å²) in [6.45, 7) is 69.8. The highest BCUT2D eigenvalue weighted by Crippen LogP contribution is 2.42. The molecule has 0 aliphatic rings. The average Bonchev–Trinajstić information content (AvgIpc) is 0.791. The highest BCUT2D eigenvalue weighted by molar-refractivity contribution is 6.74. The molecule has 0 heterocycles. The number of ketones is 11. The SMILES string of the molecule is CC(=O)C(C)(C)C(=O)[C@H](C)C(O[Si](C)(C)C(C)(C)C)[C@@H](C)COCc1ccccc1.CC(=O)C(C)(C)C(=O)[C@H](C)[C@@H](O)[C@@H](C)COCc1ccccc1.CC(=O)C(C)C.CC(=O)CC(=O)C(C)(C)C(=O)[C@H](C)[C@@H](O[Si](C)(C)C(C)(C)C)[C@@H](C)COCc1ccccc1.CC(C)=O.CCC(=O)C(C)(C)C(C)=O.CCC(=O)Cl.C[C@H](C=O)COCc1ccccc1. The minimum absolute atomic E-state index is 0.0105. The van der Waals surface area contributed by atoms with Gasteiger partial charge in [-0.25, -0.2) is 0 Å². The maximum absolute atomic E-state index is 13.5. The summed E-state index contributed by atoms with van der Waals surface area (Å²) in [5.74, 6) is -2.51. The van der Waals surface area contributed by atoms with Crippen molar-refractivity contribution in [3.8, 4) is 0 Å². The summed E-state index contributed by atoms with van der Waals surface area (Å²) in [5, 5.41) is 10.1. The molecule has 0 amide bonds. The highest BCUT2D eigenvalue weighted by Gasteiger charge is 2.49. The predicted molar refractivity (Wildman–Crippen MR) is 506 cm³/mol. The topological polar surface area (TPSA) is 298 Å². The van der Waals surface area contributed by atoms with Gasteiger partial charge in [0.15, 0.2) is 39.8 Å². The van der Waals surface area contributed by atoms with E-state index in [2.05, 4.69) is 74.7 Å². The van der Waals surface area contributed by atoms with Crippen LogP contribution in [0, 0.1) is 69.0 Å². The van der Waals surface area contributed by atoms with Crippen LogP contribution in [0.5, 0.6) is 0 Å². The Morgan fingerprint density at radius 1 is 0.387 bits per heavy atom. The number of carbonyl (C=O) groups is 13. The van der Waals surface area contributed by atoms with Crippen molar-refractivity contribution in [2.45, 2.75) is 322 Å². The van der Waals surface area contributed by atoms with E-state index in [0.29, 0.717) is 65.7 Å². The van der Waals surface area contributed by atoms with E-state index in [0.717, 1.165) is 28.5 Å². The molecule has 0 aliphatic heterocycles. The number of hydrogen-bond acceptors (Lipinski definition) is 20. The third kappa shape index (κ3) is 48.8. The minimum Gasteiger partial charge on any atom is -0.413 e. The summed E-state index contributed by atoms with van der Waals surface area (Å²) in [6.07, 6.45) is 0.0249. The lowest BCUT2D eigenvalue weighted by Crippen LogP contribution is -2.51. The first kappa shape index (κ1) is 123. The maximum Gasteiger partial charge on any atom is 0.221 e. The van der Waals surface area contributed by atoms with E-state index in [-0.39, 0.29) is 121 Å². The highest BCUT2D eigenvalue weighted by atomic mass is 35.5. The summed E-state index contributed by atoms with van der Waals surface area (Å²) >= 11 is 4.82. The van der Waals surface area contributed by atoms with Gasteiger partial charge in [0.1, 0.15) is 46.8 Å². The van der Waals surface area contributed by atoms with Gasteiger partial charge in [0, 0.05) is 60.2 Å².